The molecule has 3 amide bonds. The average Bonchev–Trinajstić information content (AvgIpc) is 2.90. The SMILES string of the molecule is NCCCCCCNC(=O)[C@H](NC(=O)Nc1ccc(OCc2ccccc2)cc1)c1ccccc1. The number of urea groups is 1. The van der Waals surface area contributed by atoms with Crippen molar-refractivity contribution in [2.24, 2.45) is 5.73 Å². The van der Waals surface area contributed by atoms with E-state index in [4.69, 9.17) is 10.5 Å². The van der Waals surface area contributed by atoms with E-state index in [1.54, 1.807) is 24.3 Å². The highest BCUT2D eigenvalue weighted by Gasteiger charge is 2.22. The van der Waals surface area contributed by atoms with Crippen LogP contribution in [-0.2, 0) is 11.4 Å². The van der Waals surface area contributed by atoms with Gasteiger partial charge in [0.2, 0.25) is 5.91 Å². The van der Waals surface area contributed by atoms with E-state index >= 15 is 0 Å². The van der Waals surface area contributed by atoms with Crippen LogP contribution in [0.1, 0.15) is 42.9 Å². The number of amides is 3. The Bertz CT molecular complexity index is 1030. The van der Waals surface area contributed by atoms with Crippen molar-refractivity contribution in [3.8, 4) is 5.75 Å². The maximum absolute atomic E-state index is 12.9. The minimum absolute atomic E-state index is 0.241. The first-order valence-electron chi connectivity index (χ1n) is 12.0. The minimum atomic E-state index is -0.797. The fraction of sp³-hybridized carbons (Fsp3) is 0.286. The predicted octanol–water partition coefficient (Wildman–Crippen LogP) is 4.76. The molecule has 0 heterocycles. The monoisotopic (exact) mass is 474 g/mol. The van der Waals surface area contributed by atoms with Gasteiger partial charge < -0.3 is 26.4 Å². The Hall–Kier alpha value is -3.84. The molecule has 7 heteroatoms. The number of benzene rings is 3. The Morgan fingerprint density at radius 3 is 2.14 bits per heavy atom. The lowest BCUT2D eigenvalue weighted by Crippen LogP contribution is -2.42. The number of ether oxygens (including phenoxy) is 1. The first kappa shape index (κ1) is 25.8. The Kier molecular flexibility index (Phi) is 10.6. The summed E-state index contributed by atoms with van der Waals surface area (Å²) in [5.41, 5.74) is 7.91. The lowest BCUT2D eigenvalue weighted by Gasteiger charge is -2.19. The molecule has 0 radical (unpaired) electrons. The van der Waals surface area contributed by atoms with E-state index in [-0.39, 0.29) is 5.91 Å². The molecule has 35 heavy (non-hydrogen) atoms. The zero-order valence-electron chi connectivity index (χ0n) is 19.9. The van der Waals surface area contributed by atoms with E-state index in [2.05, 4.69) is 16.0 Å². The fourth-order valence-electron chi connectivity index (χ4n) is 3.56. The molecular weight excluding hydrogens is 440 g/mol. The van der Waals surface area contributed by atoms with Crippen molar-refractivity contribution in [1.29, 1.82) is 0 Å². The van der Waals surface area contributed by atoms with Gasteiger partial charge in [0.1, 0.15) is 18.4 Å². The molecule has 5 N–H and O–H groups in total. The molecule has 3 aromatic rings. The van der Waals surface area contributed by atoms with Gasteiger partial charge in [0.05, 0.1) is 0 Å². The molecular formula is C28H34N4O3. The van der Waals surface area contributed by atoms with E-state index in [9.17, 15) is 9.59 Å². The summed E-state index contributed by atoms with van der Waals surface area (Å²) in [7, 11) is 0. The van der Waals surface area contributed by atoms with Gasteiger partial charge in [0.15, 0.2) is 0 Å². The maximum atomic E-state index is 12.9. The molecule has 0 aliphatic heterocycles. The summed E-state index contributed by atoms with van der Waals surface area (Å²) in [6.07, 6.45) is 3.91. The van der Waals surface area contributed by atoms with E-state index < -0.39 is 12.1 Å². The smallest absolute Gasteiger partial charge is 0.320 e. The zero-order valence-corrected chi connectivity index (χ0v) is 19.9. The topological polar surface area (TPSA) is 105 Å². The maximum Gasteiger partial charge on any atom is 0.320 e. The molecule has 0 fully saturated rings. The molecule has 0 spiro atoms. The van der Waals surface area contributed by atoms with Crippen LogP contribution in [-0.4, -0.2) is 25.0 Å². The van der Waals surface area contributed by atoms with Gasteiger partial charge in [-0.1, -0.05) is 73.5 Å². The van der Waals surface area contributed by atoms with E-state index in [0.717, 1.165) is 31.2 Å². The molecule has 0 saturated carbocycles. The van der Waals surface area contributed by atoms with Crippen LogP contribution in [0, 0.1) is 0 Å². The van der Waals surface area contributed by atoms with Crippen molar-refractivity contribution < 1.29 is 14.3 Å². The van der Waals surface area contributed by atoms with Crippen LogP contribution in [0.3, 0.4) is 0 Å². The summed E-state index contributed by atoms with van der Waals surface area (Å²) >= 11 is 0. The first-order chi connectivity index (χ1) is 17.2. The van der Waals surface area contributed by atoms with E-state index in [0.29, 0.717) is 36.7 Å². The molecule has 1 atom stereocenters. The van der Waals surface area contributed by atoms with Gasteiger partial charge in [-0.15, -0.1) is 0 Å². The first-order valence-corrected chi connectivity index (χ1v) is 12.0. The second kappa shape index (κ2) is 14.4. The number of carbonyl (C=O) groups excluding carboxylic acids is 2. The number of rotatable bonds is 13. The van der Waals surface area contributed by atoms with Gasteiger partial charge in [-0.2, -0.15) is 0 Å². The molecule has 0 saturated heterocycles. The number of nitrogens with one attached hydrogen (secondary N) is 3. The molecule has 0 aliphatic rings. The van der Waals surface area contributed by atoms with Crippen LogP contribution < -0.4 is 26.4 Å². The molecule has 0 bridgehead atoms. The van der Waals surface area contributed by atoms with Gasteiger partial charge in [0.25, 0.3) is 0 Å². The van der Waals surface area contributed by atoms with Gasteiger partial charge >= 0.3 is 6.03 Å². The van der Waals surface area contributed by atoms with Gasteiger partial charge in [-0.05, 0) is 54.8 Å². The second-order valence-corrected chi connectivity index (χ2v) is 8.23. The number of carbonyl (C=O) groups is 2. The summed E-state index contributed by atoms with van der Waals surface area (Å²) in [6.45, 7) is 1.71. The Balaban J connectivity index is 1.52. The second-order valence-electron chi connectivity index (χ2n) is 8.23. The minimum Gasteiger partial charge on any atom is -0.489 e. The van der Waals surface area contributed by atoms with Crippen LogP contribution in [0.25, 0.3) is 0 Å². The summed E-state index contributed by atoms with van der Waals surface area (Å²) in [4.78, 5) is 25.6. The van der Waals surface area contributed by atoms with Gasteiger partial charge in [-0.3, -0.25) is 4.79 Å². The van der Waals surface area contributed by atoms with Crippen molar-refractivity contribution in [1.82, 2.24) is 10.6 Å². The lowest BCUT2D eigenvalue weighted by molar-refractivity contribution is -0.123. The van der Waals surface area contributed by atoms with Crippen molar-refractivity contribution in [3.63, 3.8) is 0 Å². The Morgan fingerprint density at radius 2 is 1.46 bits per heavy atom. The van der Waals surface area contributed by atoms with Gasteiger partial charge in [0, 0.05) is 12.2 Å². The molecule has 0 unspecified atom stereocenters. The summed E-state index contributed by atoms with van der Waals surface area (Å²) < 4.78 is 5.79. The summed E-state index contributed by atoms with van der Waals surface area (Å²) in [5.74, 6) is 0.461. The van der Waals surface area contributed by atoms with Crippen LogP contribution >= 0.6 is 0 Å². The van der Waals surface area contributed by atoms with E-state index in [1.165, 1.54) is 0 Å². The molecule has 184 valence electrons. The largest absolute Gasteiger partial charge is 0.489 e. The quantitative estimate of drug-likeness (QED) is 0.268. The third kappa shape index (κ3) is 9.14. The summed E-state index contributed by atoms with van der Waals surface area (Å²) in [5, 5.41) is 8.52. The predicted molar refractivity (Wildman–Crippen MR) is 139 cm³/mol. The number of nitrogens with two attached hydrogens (primary N) is 1. The van der Waals surface area contributed by atoms with Crippen LogP contribution in [0.15, 0.2) is 84.9 Å². The number of hydrogen-bond donors (Lipinski definition) is 4. The van der Waals surface area contributed by atoms with Crippen molar-refractivity contribution in [3.05, 3.63) is 96.1 Å². The lowest BCUT2D eigenvalue weighted by atomic mass is 10.1. The highest BCUT2D eigenvalue weighted by molar-refractivity contribution is 5.94. The molecule has 7 nitrogen and oxygen atoms in total. The molecule has 3 aromatic carbocycles. The van der Waals surface area contributed by atoms with Crippen LogP contribution in [0.4, 0.5) is 10.5 Å². The Morgan fingerprint density at radius 1 is 0.800 bits per heavy atom. The number of anilines is 1. The number of hydrogen-bond acceptors (Lipinski definition) is 4. The van der Waals surface area contributed by atoms with Gasteiger partial charge in [-0.25, -0.2) is 4.79 Å². The van der Waals surface area contributed by atoms with Crippen LogP contribution in [0.2, 0.25) is 0 Å². The Labute approximate surface area is 207 Å². The average molecular weight is 475 g/mol. The van der Waals surface area contributed by atoms with E-state index in [1.807, 2.05) is 60.7 Å². The third-order valence-electron chi connectivity index (χ3n) is 5.46. The molecule has 3 rings (SSSR count). The highest BCUT2D eigenvalue weighted by atomic mass is 16.5. The zero-order chi connectivity index (χ0) is 24.7. The van der Waals surface area contributed by atoms with Crippen molar-refractivity contribution >= 4 is 17.6 Å². The normalized spacial score (nSPS) is 11.3. The summed E-state index contributed by atoms with van der Waals surface area (Å²) in [6, 6.07) is 25.0. The highest BCUT2D eigenvalue weighted by Crippen LogP contribution is 2.18. The standard InChI is InChI=1S/C28H34N4O3/c29-19-9-1-2-10-20-30-27(33)26(23-13-7-4-8-14-23)32-28(34)31-24-15-17-25(18-16-24)35-21-22-11-5-3-6-12-22/h3-8,11-18,26H,1-2,9-10,19-21,29H2,(H,30,33)(H2,31,32,34)/t26-/m1/s1. The van der Waals surface area contributed by atoms with Crippen molar-refractivity contribution in [2.45, 2.75) is 38.3 Å². The van der Waals surface area contributed by atoms with Crippen molar-refractivity contribution in [2.75, 3.05) is 18.4 Å². The third-order valence-corrected chi connectivity index (χ3v) is 5.46. The van der Waals surface area contributed by atoms with Crippen LogP contribution in [0.5, 0.6) is 5.75 Å². The molecule has 0 aliphatic carbocycles. The number of unbranched alkanes of at least 4 members (excludes halogenated alkanes) is 3. The molecule has 0 aromatic heterocycles. The fourth-order valence-corrected chi connectivity index (χ4v) is 3.56.